The number of amides is 1. The first-order valence-electron chi connectivity index (χ1n) is 14.2. The lowest BCUT2D eigenvalue weighted by Gasteiger charge is -2.53. The first-order valence-corrected chi connectivity index (χ1v) is 14.2. The number of hydrogen-bond donors (Lipinski definition) is 2. The zero-order valence-corrected chi connectivity index (χ0v) is 21.7. The molecule has 5 rings (SSSR count). The minimum Gasteiger partial charge on any atom is -0.478 e. The molecule has 2 unspecified atom stereocenters. The van der Waals surface area contributed by atoms with Gasteiger partial charge in [0.25, 0.3) is 5.56 Å². The van der Waals surface area contributed by atoms with Gasteiger partial charge in [0.15, 0.2) is 0 Å². The number of nitrogens with zero attached hydrogens (tertiary/aromatic N) is 2. The summed E-state index contributed by atoms with van der Waals surface area (Å²) in [5, 5.41) is 21.8. The fraction of sp³-hybridized carbons (Fsp3) is 0.759. The summed E-state index contributed by atoms with van der Waals surface area (Å²) >= 11 is 0. The summed E-state index contributed by atoms with van der Waals surface area (Å²) in [7, 11) is 0. The molecule has 1 amide bonds. The van der Waals surface area contributed by atoms with Gasteiger partial charge in [0, 0.05) is 36.7 Å². The second kappa shape index (κ2) is 9.96. The summed E-state index contributed by atoms with van der Waals surface area (Å²) in [5.41, 5.74) is -1.05. The average molecular weight is 499 g/mol. The van der Waals surface area contributed by atoms with E-state index < -0.39 is 17.0 Å². The van der Waals surface area contributed by atoms with E-state index in [4.69, 9.17) is 0 Å². The summed E-state index contributed by atoms with van der Waals surface area (Å²) < 4.78 is 1.42. The Kier molecular flexibility index (Phi) is 7.05. The Morgan fingerprint density at radius 3 is 2.39 bits per heavy atom. The highest BCUT2D eigenvalue weighted by Gasteiger charge is 2.56. The summed E-state index contributed by atoms with van der Waals surface area (Å²) in [4.78, 5) is 40.4. The van der Waals surface area contributed by atoms with E-state index in [0.717, 1.165) is 44.9 Å². The van der Waals surface area contributed by atoms with E-state index in [1.807, 2.05) is 4.90 Å². The van der Waals surface area contributed by atoms with Crippen molar-refractivity contribution >= 4 is 11.9 Å². The minimum atomic E-state index is -1.15. The highest BCUT2D eigenvalue weighted by Crippen LogP contribution is 2.52. The van der Waals surface area contributed by atoms with Crippen molar-refractivity contribution in [3.63, 3.8) is 0 Å². The number of rotatable bonds is 7. The molecule has 0 bridgehead atoms. The molecule has 7 nitrogen and oxygen atoms in total. The van der Waals surface area contributed by atoms with Crippen molar-refractivity contribution in [1.82, 2.24) is 9.47 Å². The van der Waals surface area contributed by atoms with Crippen LogP contribution in [0.1, 0.15) is 112 Å². The maximum absolute atomic E-state index is 13.5. The van der Waals surface area contributed by atoms with Gasteiger partial charge in [-0.3, -0.25) is 9.59 Å². The van der Waals surface area contributed by atoms with Crippen molar-refractivity contribution in [2.45, 2.75) is 108 Å². The van der Waals surface area contributed by atoms with Gasteiger partial charge in [-0.05, 0) is 55.9 Å². The lowest BCUT2D eigenvalue weighted by molar-refractivity contribution is -0.163. The number of piperidine rings is 1. The second-order valence-corrected chi connectivity index (χ2v) is 12.4. The van der Waals surface area contributed by atoms with Crippen LogP contribution < -0.4 is 5.56 Å². The summed E-state index contributed by atoms with van der Waals surface area (Å²) in [6.07, 6.45) is 14.6. The molecule has 2 heterocycles. The van der Waals surface area contributed by atoms with Gasteiger partial charge in [-0.15, -0.1) is 0 Å². The van der Waals surface area contributed by atoms with Crippen molar-refractivity contribution in [3.8, 4) is 0 Å². The van der Waals surface area contributed by atoms with Gasteiger partial charge in [0.1, 0.15) is 0 Å². The van der Waals surface area contributed by atoms with Crippen molar-refractivity contribution in [3.05, 3.63) is 33.7 Å². The fourth-order valence-electron chi connectivity index (χ4n) is 7.53. The molecule has 3 aliphatic carbocycles. The van der Waals surface area contributed by atoms with E-state index in [1.54, 1.807) is 0 Å². The topological polar surface area (TPSA) is 99.8 Å². The molecule has 7 heteroatoms. The molecular weight excluding hydrogens is 456 g/mol. The van der Waals surface area contributed by atoms with E-state index in [-0.39, 0.29) is 35.4 Å². The number of aromatic nitrogens is 1. The Hall–Kier alpha value is -2.15. The molecule has 3 saturated carbocycles. The second-order valence-electron chi connectivity index (χ2n) is 12.4. The first kappa shape index (κ1) is 25.5. The third-order valence-corrected chi connectivity index (χ3v) is 9.82. The monoisotopic (exact) mass is 498 g/mol. The van der Waals surface area contributed by atoms with Crippen LogP contribution in [-0.4, -0.2) is 50.2 Å². The molecular formula is C29H42N2O5. The lowest BCUT2D eigenvalue weighted by Crippen LogP contribution is -2.62. The zero-order valence-electron chi connectivity index (χ0n) is 21.7. The molecule has 0 radical (unpaired) electrons. The highest BCUT2D eigenvalue weighted by atomic mass is 16.4. The van der Waals surface area contributed by atoms with Crippen LogP contribution in [0.15, 0.2) is 17.1 Å². The minimum absolute atomic E-state index is 0.00606. The van der Waals surface area contributed by atoms with Gasteiger partial charge in [-0.1, -0.05) is 51.9 Å². The molecule has 1 aromatic rings. The van der Waals surface area contributed by atoms with E-state index in [1.165, 1.54) is 48.9 Å². The van der Waals surface area contributed by atoms with Crippen LogP contribution in [0.2, 0.25) is 0 Å². The third kappa shape index (κ3) is 4.88. The van der Waals surface area contributed by atoms with Crippen LogP contribution in [0.5, 0.6) is 0 Å². The van der Waals surface area contributed by atoms with E-state index in [2.05, 4.69) is 6.92 Å². The van der Waals surface area contributed by atoms with Gasteiger partial charge in [0.2, 0.25) is 5.91 Å². The van der Waals surface area contributed by atoms with E-state index >= 15 is 0 Å². The number of hydrogen-bond acceptors (Lipinski definition) is 4. The maximum atomic E-state index is 13.5. The largest absolute Gasteiger partial charge is 0.478 e. The molecule has 1 aliphatic heterocycles. The Balaban J connectivity index is 1.34. The van der Waals surface area contributed by atoms with E-state index in [9.17, 15) is 24.6 Å². The summed E-state index contributed by atoms with van der Waals surface area (Å²) in [5.74, 6) is -0.0246. The number of carbonyl (C=O) groups is 2. The van der Waals surface area contributed by atoms with Crippen molar-refractivity contribution < 1.29 is 19.8 Å². The van der Waals surface area contributed by atoms with Crippen LogP contribution in [0.3, 0.4) is 0 Å². The Bertz CT molecular complexity index is 1050. The van der Waals surface area contributed by atoms with Gasteiger partial charge in [-0.2, -0.15) is 0 Å². The van der Waals surface area contributed by atoms with Crippen molar-refractivity contribution in [1.29, 1.82) is 0 Å². The number of likely N-dealkylation sites (tertiary alicyclic amines) is 1. The Labute approximate surface area is 213 Å². The average Bonchev–Trinajstić information content (AvgIpc) is 3.60. The normalized spacial score (nSPS) is 27.3. The number of pyridine rings is 1. The predicted octanol–water partition coefficient (Wildman–Crippen LogP) is 4.55. The molecule has 1 spiro atoms. The first-order chi connectivity index (χ1) is 17.2. The predicted molar refractivity (Wildman–Crippen MR) is 137 cm³/mol. The molecule has 1 aromatic heterocycles. The van der Waals surface area contributed by atoms with Crippen molar-refractivity contribution in [2.75, 3.05) is 13.1 Å². The quantitative estimate of drug-likeness (QED) is 0.574. The fourth-order valence-corrected chi connectivity index (χ4v) is 7.53. The molecule has 4 fully saturated rings. The van der Waals surface area contributed by atoms with Gasteiger partial charge in [0.05, 0.1) is 17.7 Å². The molecule has 0 aromatic carbocycles. The maximum Gasteiger partial charge on any atom is 0.337 e. The number of carboxylic acid groups (broad SMARTS) is 1. The lowest BCUT2D eigenvalue weighted by atomic mass is 9.65. The Morgan fingerprint density at radius 2 is 1.75 bits per heavy atom. The van der Waals surface area contributed by atoms with Gasteiger partial charge in [-0.25, -0.2) is 4.79 Å². The number of aliphatic hydroxyl groups is 1. The zero-order chi connectivity index (χ0) is 25.5. The molecule has 36 heavy (non-hydrogen) atoms. The molecule has 1 saturated heterocycles. The molecule has 4 aliphatic rings. The highest BCUT2D eigenvalue weighted by molar-refractivity contribution is 5.89. The van der Waals surface area contributed by atoms with Crippen molar-refractivity contribution in [2.24, 2.45) is 17.3 Å². The van der Waals surface area contributed by atoms with Gasteiger partial charge < -0.3 is 19.7 Å². The van der Waals surface area contributed by atoms with Crippen LogP contribution in [-0.2, 0) is 11.3 Å². The van der Waals surface area contributed by atoms with Gasteiger partial charge >= 0.3 is 5.97 Å². The SMILES string of the molecule is CC(CC1CCCCC1)C(=O)N1CCC(O)(Cn2cc(C(=O)O)c(C3CC3)cc2=O)C2(CCCC2)C1. The molecule has 198 valence electrons. The summed E-state index contributed by atoms with van der Waals surface area (Å²) in [6, 6.07) is 1.47. The van der Waals surface area contributed by atoms with Crippen LogP contribution >= 0.6 is 0 Å². The summed E-state index contributed by atoms with van der Waals surface area (Å²) in [6.45, 7) is 3.15. The number of aromatic carboxylic acids is 1. The standard InChI is InChI=1S/C29H42N2O5/c1-20(15-21-7-3-2-4-8-21)26(33)30-14-13-29(36,28(18-30)11-5-6-12-28)19-31-17-24(27(34)35)23(16-25(31)32)22-9-10-22/h16-17,20-22,36H,2-15,18-19H2,1H3,(H,34,35). The van der Waals surface area contributed by atoms with Crippen LogP contribution in [0, 0.1) is 17.3 Å². The number of carbonyl (C=O) groups excluding carboxylic acids is 1. The van der Waals surface area contributed by atoms with E-state index in [0.29, 0.717) is 31.0 Å². The smallest absolute Gasteiger partial charge is 0.337 e. The molecule has 2 atom stereocenters. The van der Waals surface area contributed by atoms with Crippen LogP contribution in [0.4, 0.5) is 0 Å². The third-order valence-electron chi connectivity index (χ3n) is 9.82. The Morgan fingerprint density at radius 1 is 1.06 bits per heavy atom. The molecule has 2 N–H and O–H groups in total. The number of carboxylic acids is 1. The van der Waals surface area contributed by atoms with Crippen LogP contribution in [0.25, 0.3) is 0 Å².